The molecular weight excluding hydrogens is 359 g/mol. The highest BCUT2D eigenvalue weighted by Crippen LogP contribution is 2.20. The molecule has 0 bridgehead atoms. The lowest BCUT2D eigenvalue weighted by Crippen LogP contribution is -2.49. The lowest BCUT2D eigenvalue weighted by molar-refractivity contribution is 0.0740. The fourth-order valence-corrected chi connectivity index (χ4v) is 3.09. The first-order chi connectivity index (χ1) is 13.5. The maximum atomic E-state index is 14.0. The fraction of sp³-hybridized carbons (Fsp3) is 0.381. The van der Waals surface area contributed by atoms with Crippen molar-refractivity contribution in [3.63, 3.8) is 0 Å². The second-order valence-corrected chi connectivity index (χ2v) is 7.24. The summed E-state index contributed by atoms with van der Waals surface area (Å²) in [5, 5.41) is 2.80. The lowest BCUT2D eigenvalue weighted by atomic mass is 10.2. The quantitative estimate of drug-likeness (QED) is 0.861. The van der Waals surface area contributed by atoms with Gasteiger partial charge >= 0.3 is 0 Å². The molecule has 1 aromatic heterocycles. The minimum atomic E-state index is -0.285. The van der Waals surface area contributed by atoms with Gasteiger partial charge in [-0.25, -0.2) is 9.37 Å². The number of nitrogens with zero attached hydrogens (tertiary/aromatic N) is 3. The van der Waals surface area contributed by atoms with Crippen molar-refractivity contribution in [1.29, 1.82) is 0 Å². The van der Waals surface area contributed by atoms with Crippen LogP contribution in [-0.2, 0) is 0 Å². The van der Waals surface area contributed by atoms with Gasteiger partial charge in [0.2, 0.25) is 0 Å². The van der Waals surface area contributed by atoms with Crippen LogP contribution < -0.4 is 10.2 Å². The average Bonchev–Trinajstić information content (AvgIpc) is 2.72. The van der Waals surface area contributed by atoms with Crippen LogP contribution in [0, 0.1) is 11.7 Å². The number of anilines is 1. The van der Waals surface area contributed by atoms with Gasteiger partial charge in [-0.2, -0.15) is 0 Å². The third kappa shape index (κ3) is 4.65. The minimum absolute atomic E-state index is 0.216. The SMILES string of the molecule is CC(C)CNC(=O)c1cccc(C(=O)N2CCN(c3ccccc3F)CC2)n1. The van der Waals surface area contributed by atoms with E-state index in [0.717, 1.165) is 0 Å². The molecule has 0 aliphatic carbocycles. The molecule has 28 heavy (non-hydrogen) atoms. The van der Waals surface area contributed by atoms with E-state index in [0.29, 0.717) is 44.3 Å². The molecule has 6 nitrogen and oxygen atoms in total. The molecule has 1 N–H and O–H groups in total. The third-order valence-electron chi connectivity index (χ3n) is 4.63. The van der Waals surface area contributed by atoms with Gasteiger partial charge in [-0.3, -0.25) is 9.59 Å². The number of nitrogens with one attached hydrogen (secondary N) is 1. The Kier molecular flexibility index (Phi) is 6.23. The third-order valence-corrected chi connectivity index (χ3v) is 4.63. The van der Waals surface area contributed by atoms with Crippen molar-refractivity contribution < 1.29 is 14.0 Å². The van der Waals surface area contributed by atoms with Crippen LogP contribution in [0.3, 0.4) is 0 Å². The van der Waals surface area contributed by atoms with Crippen molar-refractivity contribution in [2.45, 2.75) is 13.8 Å². The van der Waals surface area contributed by atoms with E-state index in [1.54, 1.807) is 41.3 Å². The predicted octanol–water partition coefficient (Wildman–Crippen LogP) is 2.57. The van der Waals surface area contributed by atoms with E-state index < -0.39 is 0 Å². The molecule has 1 fully saturated rings. The molecule has 148 valence electrons. The highest BCUT2D eigenvalue weighted by Gasteiger charge is 2.24. The van der Waals surface area contributed by atoms with Gasteiger partial charge in [0.05, 0.1) is 5.69 Å². The number of benzene rings is 1. The molecule has 1 aliphatic rings. The summed E-state index contributed by atoms with van der Waals surface area (Å²) in [6.07, 6.45) is 0. The Labute approximate surface area is 164 Å². The van der Waals surface area contributed by atoms with Crippen molar-refractivity contribution >= 4 is 17.5 Å². The van der Waals surface area contributed by atoms with Gasteiger partial charge in [0.1, 0.15) is 17.2 Å². The topological polar surface area (TPSA) is 65.5 Å². The van der Waals surface area contributed by atoms with Crippen molar-refractivity contribution in [2.24, 2.45) is 5.92 Å². The highest BCUT2D eigenvalue weighted by molar-refractivity contribution is 5.96. The van der Waals surface area contributed by atoms with Crippen LogP contribution in [0.1, 0.15) is 34.8 Å². The van der Waals surface area contributed by atoms with Gasteiger partial charge in [0.15, 0.2) is 0 Å². The van der Waals surface area contributed by atoms with Crippen molar-refractivity contribution in [3.8, 4) is 0 Å². The molecule has 1 saturated heterocycles. The molecule has 2 aromatic rings. The summed E-state index contributed by atoms with van der Waals surface area (Å²) < 4.78 is 14.0. The first-order valence-electron chi connectivity index (χ1n) is 9.49. The monoisotopic (exact) mass is 384 g/mol. The van der Waals surface area contributed by atoms with Gasteiger partial charge in [-0.1, -0.05) is 32.0 Å². The van der Waals surface area contributed by atoms with Gasteiger partial charge in [0.25, 0.3) is 11.8 Å². The number of halogens is 1. The number of amides is 2. The number of hydrogen-bond donors (Lipinski definition) is 1. The van der Waals surface area contributed by atoms with Crippen molar-refractivity contribution in [3.05, 3.63) is 59.7 Å². The minimum Gasteiger partial charge on any atom is -0.366 e. The number of rotatable bonds is 5. The van der Waals surface area contributed by atoms with Crippen LogP contribution in [0.5, 0.6) is 0 Å². The summed E-state index contributed by atoms with van der Waals surface area (Å²) in [6, 6.07) is 11.5. The summed E-state index contributed by atoms with van der Waals surface area (Å²) >= 11 is 0. The first-order valence-corrected chi connectivity index (χ1v) is 9.49. The Hall–Kier alpha value is -2.96. The summed E-state index contributed by atoms with van der Waals surface area (Å²) in [7, 11) is 0. The largest absolute Gasteiger partial charge is 0.366 e. The first kappa shape index (κ1) is 19.8. The molecule has 0 saturated carbocycles. The van der Waals surface area contributed by atoms with Gasteiger partial charge < -0.3 is 15.1 Å². The Morgan fingerprint density at radius 3 is 2.39 bits per heavy atom. The van der Waals surface area contributed by atoms with Gasteiger partial charge in [-0.15, -0.1) is 0 Å². The van der Waals surface area contributed by atoms with Gasteiger partial charge in [-0.05, 0) is 30.2 Å². The summed E-state index contributed by atoms with van der Waals surface area (Å²) in [5.41, 5.74) is 1.03. The fourth-order valence-electron chi connectivity index (χ4n) is 3.09. The van der Waals surface area contributed by atoms with Crippen molar-refractivity contribution in [2.75, 3.05) is 37.6 Å². The van der Waals surface area contributed by atoms with Crippen LogP contribution in [0.25, 0.3) is 0 Å². The van der Waals surface area contributed by atoms with Gasteiger partial charge in [0, 0.05) is 32.7 Å². The molecule has 0 radical (unpaired) electrons. The zero-order chi connectivity index (χ0) is 20.1. The lowest BCUT2D eigenvalue weighted by Gasteiger charge is -2.36. The molecule has 3 rings (SSSR count). The van der Waals surface area contributed by atoms with E-state index in [1.165, 1.54) is 6.07 Å². The number of carbonyl (C=O) groups is 2. The maximum absolute atomic E-state index is 14.0. The van der Waals surface area contributed by atoms with E-state index in [9.17, 15) is 14.0 Å². The number of piperazine rings is 1. The smallest absolute Gasteiger partial charge is 0.272 e. The Morgan fingerprint density at radius 2 is 1.71 bits per heavy atom. The van der Waals surface area contributed by atoms with Crippen molar-refractivity contribution in [1.82, 2.24) is 15.2 Å². The van der Waals surface area contributed by atoms with Crippen LogP contribution in [0.15, 0.2) is 42.5 Å². The Bertz CT molecular complexity index is 848. The number of carbonyl (C=O) groups excluding carboxylic acids is 2. The highest BCUT2D eigenvalue weighted by atomic mass is 19.1. The molecule has 0 atom stereocenters. The molecular formula is C21H25FN4O2. The Balaban J connectivity index is 1.63. The number of para-hydroxylation sites is 1. The summed E-state index contributed by atoms with van der Waals surface area (Å²) in [4.78, 5) is 32.8. The zero-order valence-electron chi connectivity index (χ0n) is 16.2. The number of pyridine rings is 1. The Morgan fingerprint density at radius 1 is 1.04 bits per heavy atom. The molecule has 1 aliphatic heterocycles. The molecule has 7 heteroatoms. The standard InChI is InChI=1S/C21H25FN4O2/c1-15(2)14-23-20(27)17-7-5-8-18(24-17)21(28)26-12-10-25(11-13-26)19-9-4-3-6-16(19)22/h3-9,15H,10-14H2,1-2H3,(H,23,27). The molecule has 0 spiro atoms. The van der Waals surface area contributed by atoms with E-state index in [4.69, 9.17) is 0 Å². The van der Waals surface area contributed by atoms with Crippen LogP contribution in [0.4, 0.5) is 10.1 Å². The second-order valence-electron chi connectivity index (χ2n) is 7.24. The van der Waals surface area contributed by atoms with E-state index in [2.05, 4.69) is 10.3 Å². The average molecular weight is 384 g/mol. The van der Waals surface area contributed by atoms with Crippen LogP contribution >= 0.6 is 0 Å². The molecule has 0 unspecified atom stereocenters. The molecule has 2 heterocycles. The maximum Gasteiger partial charge on any atom is 0.272 e. The normalized spacial score (nSPS) is 14.3. The second kappa shape index (κ2) is 8.82. The van der Waals surface area contributed by atoms with E-state index >= 15 is 0 Å². The summed E-state index contributed by atoms with van der Waals surface area (Å²) in [6.45, 7) is 6.60. The molecule has 2 amide bonds. The number of hydrogen-bond acceptors (Lipinski definition) is 4. The van der Waals surface area contributed by atoms with Crippen LogP contribution in [0.2, 0.25) is 0 Å². The predicted molar refractivity (Wildman–Crippen MR) is 106 cm³/mol. The number of aromatic nitrogens is 1. The zero-order valence-corrected chi connectivity index (χ0v) is 16.2. The summed E-state index contributed by atoms with van der Waals surface area (Å²) in [5.74, 6) is -0.428. The van der Waals surface area contributed by atoms with Crippen LogP contribution in [-0.4, -0.2) is 54.4 Å². The van der Waals surface area contributed by atoms with E-state index in [-0.39, 0.29) is 29.0 Å². The van der Waals surface area contributed by atoms with E-state index in [1.807, 2.05) is 18.7 Å². The molecule has 1 aromatic carbocycles.